The Morgan fingerprint density at radius 3 is 2.56 bits per heavy atom. The summed E-state index contributed by atoms with van der Waals surface area (Å²) in [6.07, 6.45) is 3.55. The molecule has 7 heteroatoms. The molecule has 1 aliphatic heterocycles. The normalized spacial score (nSPS) is 13.5. The highest BCUT2D eigenvalue weighted by molar-refractivity contribution is 6.15. The molecule has 0 bridgehead atoms. The van der Waals surface area contributed by atoms with Crippen LogP contribution in [0, 0.1) is 0 Å². The van der Waals surface area contributed by atoms with E-state index in [2.05, 4.69) is 4.98 Å². The number of esters is 1. The summed E-state index contributed by atoms with van der Waals surface area (Å²) in [5.41, 5.74) is 3.76. The maximum atomic E-state index is 13.7. The smallest absolute Gasteiger partial charge is 0.348 e. The van der Waals surface area contributed by atoms with Crippen LogP contribution in [0.15, 0.2) is 107 Å². The number of allylic oxidation sites excluding steroid dienone is 1. The molecule has 0 amide bonds. The lowest BCUT2D eigenvalue weighted by Gasteiger charge is -2.07. The van der Waals surface area contributed by atoms with Crippen molar-refractivity contribution in [1.82, 2.24) is 4.98 Å². The number of ketones is 1. The predicted octanol–water partition coefficient (Wildman–Crippen LogP) is 7.82. The molecule has 3 heterocycles. The van der Waals surface area contributed by atoms with Crippen molar-refractivity contribution in [3.05, 3.63) is 120 Å². The van der Waals surface area contributed by atoms with Gasteiger partial charge in [-0.1, -0.05) is 48.5 Å². The molecule has 6 aromatic rings. The molecule has 1 aliphatic rings. The zero-order chi connectivity index (χ0) is 27.9. The van der Waals surface area contributed by atoms with Gasteiger partial charge >= 0.3 is 5.97 Å². The van der Waals surface area contributed by atoms with E-state index in [-0.39, 0.29) is 22.9 Å². The molecule has 0 unspecified atom stereocenters. The number of H-pyrrole nitrogens is 1. The van der Waals surface area contributed by atoms with Gasteiger partial charge in [-0.2, -0.15) is 0 Å². The third-order valence-corrected chi connectivity index (χ3v) is 6.97. The molecule has 200 valence electrons. The number of rotatable bonds is 6. The second-order valence-corrected chi connectivity index (χ2v) is 9.54. The van der Waals surface area contributed by atoms with Gasteiger partial charge in [-0.15, -0.1) is 0 Å². The molecule has 0 spiro atoms. The fourth-order valence-electron chi connectivity index (χ4n) is 5.07. The number of aromatic amines is 1. The van der Waals surface area contributed by atoms with Crippen LogP contribution in [0.1, 0.15) is 33.2 Å². The second-order valence-electron chi connectivity index (χ2n) is 9.54. The summed E-state index contributed by atoms with van der Waals surface area (Å²) >= 11 is 0. The van der Waals surface area contributed by atoms with Gasteiger partial charge in [-0.25, -0.2) is 4.79 Å². The van der Waals surface area contributed by atoms with Crippen LogP contribution in [0.3, 0.4) is 0 Å². The molecule has 0 atom stereocenters. The van der Waals surface area contributed by atoms with Gasteiger partial charge in [0.25, 0.3) is 0 Å². The van der Waals surface area contributed by atoms with Gasteiger partial charge in [0.05, 0.1) is 12.2 Å². The van der Waals surface area contributed by atoms with Crippen LogP contribution in [0.25, 0.3) is 39.3 Å². The lowest BCUT2D eigenvalue weighted by atomic mass is 10.1. The summed E-state index contributed by atoms with van der Waals surface area (Å²) in [6, 6.07) is 27.3. The Hall–Kier alpha value is -5.56. The summed E-state index contributed by atoms with van der Waals surface area (Å²) in [7, 11) is 0. The average Bonchev–Trinajstić information content (AvgIpc) is 3.67. The number of benzene rings is 4. The van der Waals surface area contributed by atoms with Crippen LogP contribution in [-0.4, -0.2) is 23.3 Å². The molecule has 4 aromatic carbocycles. The molecule has 2 aromatic heterocycles. The minimum Gasteiger partial charge on any atom is -0.494 e. The van der Waals surface area contributed by atoms with Gasteiger partial charge in [0.15, 0.2) is 5.76 Å². The first kappa shape index (κ1) is 24.5. The standard InChI is InChI=1S/C34H23NO6/c1-2-38-22-13-15-28-26(17-22)31(33(41-28)20-8-4-3-5-9-20)34(37)39-23-12-14-25-29(18-23)40-30(32(25)36)16-21-19-35-27-11-7-6-10-24(21)27/h3-19,35H,2H2,1H3/b30-16+. The molecule has 0 aliphatic carbocycles. The van der Waals surface area contributed by atoms with Gasteiger partial charge < -0.3 is 23.6 Å². The predicted molar refractivity (Wildman–Crippen MR) is 155 cm³/mol. The van der Waals surface area contributed by atoms with Crippen molar-refractivity contribution < 1.29 is 28.2 Å². The second kappa shape index (κ2) is 9.88. The maximum Gasteiger partial charge on any atom is 0.348 e. The molecule has 1 N–H and O–H groups in total. The lowest BCUT2D eigenvalue weighted by Crippen LogP contribution is -2.09. The van der Waals surface area contributed by atoms with Crippen LogP contribution in [0.2, 0.25) is 0 Å². The molecule has 0 radical (unpaired) electrons. The highest BCUT2D eigenvalue weighted by Gasteiger charge is 2.29. The third kappa shape index (κ3) is 4.33. The van der Waals surface area contributed by atoms with Gasteiger partial charge in [-0.3, -0.25) is 4.79 Å². The monoisotopic (exact) mass is 541 g/mol. The number of hydrogen-bond acceptors (Lipinski definition) is 6. The van der Waals surface area contributed by atoms with E-state index in [0.717, 1.165) is 22.0 Å². The van der Waals surface area contributed by atoms with E-state index in [9.17, 15) is 9.59 Å². The van der Waals surface area contributed by atoms with E-state index in [1.165, 1.54) is 0 Å². The minimum absolute atomic E-state index is 0.198. The number of aromatic nitrogens is 1. The van der Waals surface area contributed by atoms with E-state index in [0.29, 0.717) is 40.4 Å². The fourth-order valence-corrected chi connectivity index (χ4v) is 5.07. The molecular weight excluding hydrogens is 518 g/mol. The molecule has 0 saturated carbocycles. The topological polar surface area (TPSA) is 90.8 Å². The molecule has 7 nitrogen and oxygen atoms in total. The Kier molecular flexibility index (Phi) is 5.90. The van der Waals surface area contributed by atoms with Crippen molar-refractivity contribution in [2.75, 3.05) is 6.61 Å². The molecule has 41 heavy (non-hydrogen) atoms. The Morgan fingerprint density at radius 1 is 0.902 bits per heavy atom. The lowest BCUT2D eigenvalue weighted by molar-refractivity contribution is 0.0736. The minimum atomic E-state index is -0.602. The van der Waals surface area contributed by atoms with Gasteiger partial charge in [0, 0.05) is 39.7 Å². The highest BCUT2D eigenvalue weighted by Crippen LogP contribution is 2.38. The largest absolute Gasteiger partial charge is 0.494 e. The molecule has 0 saturated heterocycles. The van der Waals surface area contributed by atoms with Crippen LogP contribution in [0.5, 0.6) is 17.2 Å². The van der Waals surface area contributed by atoms with E-state index in [4.69, 9.17) is 18.6 Å². The first-order chi connectivity index (χ1) is 20.1. The molecule has 0 fully saturated rings. The summed E-state index contributed by atoms with van der Waals surface area (Å²) in [6.45, 7) is 2.38. The summed E-state index contributed by atoms with van der Waals surface area (Å²) in [5.74, 6) is 0.941. The van der Waals surface area contributed by atoms with Gasteiger partial charge in [-0.05, 0) is 49.4 Å². The number of para-hydroxylation sites is 1. The van der Waals surface area contributed by atoms with E-state index < -0.39 is 5.97 Å². The first-order valence-electron chi connectivity index (χ1n) is 13.2. The Balaban J connectivity index is 1.22. The molecular formula is C34H23NO6. The number of carbonyl (C=O) groups is 2. The van der Waals surface area contributed by atoms with Crippen LogP contribution < -0.4 is 14.2 Å². The Morgan fingerprint density at radius 2 is 1.71 bits per heavy atom. The quantitative estimate of drug-likeness (QED) is 0.131. The zero-order valence-corrected chi connectivity index (χ0v) is 22.0. The van der Waals surface area contributed by atoms with Gasteiger partial charge in [0.1, 0.15) is 34.2 Å². The first-order valence-corrected chi connectivity index (χ1v) is 13.2. The van der Waals surface area contributed by atoms with Crippen molar-refractivity contribution in [3.63, 3.8) is 0 Å². The van der Waals surface area contributed by atoms with Crippen LogP contribution in [-0.2, 0) is 0 Å². The third-order valence-electron chi connectivity index (χ3n) is 6.97. The Labute approximate surface area is 234 Å². The van der Waals surface area contributed by atoms with Crippen molar-refractivity contribution >= 4 is 39.7 Å². The Bertz CT molecular complexity index is 2000. The van der Waals surface area contributed by atoms with Gasteiger partial charge in [0.2, 0.25) is 5.78 Å². The number of hydrogen-bond donors (Lipinski definition) is 1. The van der Waals surface area contributed by atoms with Crippen molar-refractivity contribution in [3.8, 4) is 28.6 Å². The number of ether oxygens (including phenoxy) is 3. The maximum absolute atomic E-state index is 13.7. The van der Waals surface area contributed by atoms with Crippen molar-refractivity contribution in [2.45, 2.75) is 6.92 Å². The van der Waals surface area contributed by atoms with Crippen LogP contribution >= 0.6 is 0 Å². The number of furan rings is 1. The number of Topliss-reactive ketones (excluding diaryl/α,β-unsaturated/α-hetero) is 1. The van der Waals surface area contributed by atoms with Crippen LogP contribution in [0.4, 0.5) is 0 Å². The van der Waals surface area contributed by atoms with Crippen molar-refractivity contribution in [1.29, 1.82) is 0 Å². The van der Waals surface area contributed by atoms with E-state index in [1.54, 1.807) is 42.5 Å². The summed E-state index contributed by atoms with van der Waals surface area (Å²) < 4.78 is 23.6. The summed E-state index contributed by atoms with van der Waals surface area (Å²) in [5, 5.41) is 1.56. The summed E-state index contributed by atoms with van der Waals surface area (Å²) in [4.78, 5) is 29.9. The fraction of sp³-hybridized carbons (Fsp3) is 0.0588. The number of carbonyl (C=O) groups excluding carboxylic acids is 2. The number of nitrogens with one attached hydrogen (secondary N) is 1. The van der Waals surface area contributed by atoms with Crippen molar-refractivity contribution in [2.24, 2.45) is 0 Å². The average molecular weight is 542 g/mol. The van der Waals surface area contributed by atoms with E-state index >= 15 is 0 Å². The SMILES string of the molecule is CCOc1ccc2oc(-c3ccccc3)c(C(=O)Oc3ccc4c(c3)O/C(=C/c3c[nH]c5ccccc35)C4=O)c2c1. The highest BCUT2D eigenvalue weighted by atomic mass is 16.5. The zero-order valence-electron chi connectivity index (χ0n) is 22.0. The number of fused-ring (bicyclic) bond motifs is 3. The van der Waals surface area contributed by atoms with E-state index in [1.807, 2.05) is 67.7 Å². The molecule has 7 rings (SSSR count).